The molecule has 0 aliphatic rings. The fourth-order valence-corrected chi connectivity index (χ4v) is 4.12. The van der Waals surface area contributed by atoms with Crippen LogP contribution in [-0.4, -0.2) is 30.0 Å². The van der Waals surface area contributed by atoms with Gasteiger partial charge in [0.1, 0.15) is 4.90 Å². The molecule has 104 valence electrons. The van der Waals surface area contributed by atoms with Crippen LogP contribution in [0.4, 0.5) is 0 Å². The Labute approximate surface area is 113 Å². The first-order valence-corrected chi connectivity index (χ1v) is 7.89. The van der Waals surface area contributed by atoms with E-state index in [1.54, 1.807) is 13.8 Å². The minimum absolute atomic E-state index is 0.233. The first-order chi connectivity index (χ1) is 8.25. The topological polar surface area (TPSA) is 74.8 Å². The van der Waals surface area contributed by atoms with Crippen LogP contribution in [0.5, 0.6) is 0 Å². The molecule has 1 unspecified atom stereocenters. The third-order valence-electron chi connectivity index (χ3n) is 3.14. The van der Waals surface area contributed by atoms with Crippen molar-refractivity contribution in [1.29, 1.82) is 0 Å². The lowest BCUT2D eigenvalue weighted by atomic mass is 9.97. The number of nitrogens with one attached hydrogen (secondary N) is 2. The Balaban J connectivity index is 3.09. The van der Waals surface area contributed by atoms with Crippen LogP contribution in [0.15, 0.2) is 4.90 Å². The largest absolute Gasteiger partial charge is 0.281 e. The summed E-state index contributed by atoms with van der Waals surface area (Å²) in [5.74, 6) is 0.413. The van der Waals surface area contributed by atoms with Gasteiger partial charge < -0.3 is 0 Å². The molecule has 2 N–H and O–H groups in total. The highest BCUT2D eigenvalue weighted by Gasteiger charge is 2.31. The Morgan fingerprint density at radius 3 is 2.44 bits per heavy atom. The Bertz CT molecular complexity index is 493. The molecule has 1 heterocycles. The lowest BCUT2D eigenvalue weighted by Gasteiger charge is -2.28. The first kappa shape index (κ1) is 15.5. The molecule has 1 atom stereocenters. The van der Waals surface area contributed by atoms with Crippen molar-refractivity contribution in [2.24, 2.45) is 0 Å². The van der Waals surface area contributed by atoms with Crippen molar-refractivity contribution < 1.29 is 8.42 Å². The van der Waals surface area contributed by atoms with Gasteiger partial charge in [-0.1, -0.05) is 6.92 Å². The Kier molecular flexibility index (Phi) is 4.80. The molecular formula is C11H20ClN3O2S. The zero-order chi connectivity index (χ0) is 14.0. The van der Waals surface area contributed by atoms with E-state index in [-0.39, 0.29) is 4.90 Å². The van der Waals surface area contributed by atoms with E-state index in [1.807, 2.05) is 13.8 Å². The molecule has 0 aliphatic heterocycles. The van der Waals surface area contributed by atoms with Gasteiger partial charge in [-0.2, -0.15) is 5.10 Å². The van der Waals surface area contributed by atoms with Crippen molar-refractivity contribution in [3.63, 3.8) is 0 Å². The molecule has 0 spiro atoms. The zero-order valence-corrected chi connectivity index (χ0v) is 12.7. The van der Waals surface area contributed by atoms with E-state index in [2.05, 4.69) is 14.9 Å². The second-order valence-corrected chi connectivity index (χ2v) is 6.72. The van der Waals surface area contributed by atoms with E-state index in [0.29, 0.717) is 30.1 Å². The Morgan fingerprint density at radius 1 is 1.44 bits per heavy atom. The van der Waals surface area contributed by atoms with Crippen LogP contribution in [0.2, 0.25) is 0 Å². The normalized spacial score (nSPS) is 15.6. The number of sulfonamides is 1. The molecule has 1 aromatic heterocycles. The summed E-state index contributed by atoms with van der Waals surface area (Å²) in [4.78, 5) is 0.233. The van der Waals surface area contributed by atoms with E-state index >= 15 is 0 Å². The van der Waals surface area contributed by atoms with E-state index in [0.717, 1.165) is 0 Å². The van der Waals surface area contributed by atoms with Gasteiger partial charge in [-0.25, -0.2) is 13.1 Å². The highest BCUT2D eigenvalue weighted by molar-refractivity contribution is 7.89. The smallest absolute Gasteiger partial charge is 0.244 e. The summed E-state index contributed by atoms with van der Waals surface area (Å²) in [5.41, 5.74) is 0.491. The van der Waals surface area contributed by atoms with Crippen LogP contribution >= 0.6 is 11.6 Å². The van der Waals surface area contributed by atoms with Gasteiger partial charge in [0, 0.05) is 11.4 Å². The minimum Gasteiger partial charge on any atom is -0.281 e. The van der Waals surface area contributed by atoms with Crippen LogP contribution in [0, 0.1) is 13.8 Å². The quantitative estimate of drug-likeness (QED) is 0.789. The van der Waals surface area contributed by atoms with Crippen molar-refractivity contribution in [1.82, 2.24) is 14.9 Å². The highest BCUT2D eigenvalue weighted by atomic mass is 35.5. The zero-order valence-electron chi connectivity index (χ0n) is 11.2. The number of hydrogen-bond acceptors (Lipinski definition) is 3. The van der Waals surface area contributed by atoms with Crippen molar-refractivity contribution in [3.05, 3.63) is 11.4 Å². The molecule has 7 heteroatoms. The van der Waals surface area contributed by atoms with Gasteiger partial charge >= 0.3 is 0 Å². The van der Waals surface area contributed by atoms with Gasteiger partial charge in [0.25, 0.3) is 0 Å². The summed E-state index contributed by atoms with van der Waals surface area (Å²) in [7, 11) is -3.57. The van der Waals surface area contributed by atoms with Crippen LogP contribution in [0.25, 0.3) is 0 Å². The fourth-order valence-electron chi connectivity index (χ4n) is 1.82. The number of halogens is 1. The molecule has 18 heavy (non-hydrogen) atoms. The number of hydrogen-bond donors (Lipinski definition) is 2. The summed E-state index contributed by atoms with van der Waals surface area (Å²) in [6.07, 6.45) is 1.26. The molecular weight excluding hydrogens is 274 g/mol. The molecule has 1 aromatic rings. The summed E-state index contributed by atoms with van der Waals surface area (Å²) in [6.45, 7) is 7.16. The number of aryl methyl sites for hydroxylation is 2. The number of rotatable bonds is 6. The second kappa shape index (κ2) is 5.59. The van der Waals surface area contributed by atoms with Crippen LogP contribution in [-0.2, 0) is 10.0 Å². The number of aromatic nitrogens is 2. The summed E-state index contributed by atoms with van der Waals surface area (Å²) in [5, 5.41) is 6.60. The molecule has 0 radical (unpaired) electrons. The van der Waals surface area contributed by atoms with Crippen LogP contribution < -0.4 is 4.72 Å². The first-order valence-electron chi connectivity index (χ1n) is 5.87. The van der Waals surface area contributed by atoms with Gasteiger partial charge in [0.15, 0.2) is 0 Å². The van der Waals surface area contributed by atoms with E-state index < -0.39 is 15.6 Å². The third-order valence-corrected chi connectivity index (χ3v) is 5.23. The van der Waals surface area contributed by atoms with Gasteiger partial charge in [-0.15, -0.1) is 11.6 Å². The van der Waals surface area contributed by atoms with Gasteiger partial charge in [-0.05, 0) is 33.6 Å². The maximum atomic E-state index is 12.4. The third kappa shape index (κ3) is 3.24. The van der Waals surface area contributed by atoms with Gasteiger partial charge in [0.2, 0.25) is 10.0 Å². The molecule has 0 bridgehead atoms. The monoisotopic (exact) mass is 293 g/mol. The standard InChI is InChI=1S/C11H20ClN3O2S/c1-5-11(4,6-7-12)15-18(16,17)10-8(2)13-14-9(10)3/h15H,5-7H2,1-4H3,(H,13,14). The minimum atomic E-state index is -3.57. The van der Waals surface area contributed by atoms with Crippen LogP contribution in [0.3, 0.4) is 0 Å². The molecule has 1 rings (SSSR count). The predicted molar refractivity (Wildman–Crippen MR) is 72.4 cm³/mol. The van der Waals surface area contributed by atoms with E-state index in [1.165, 1.54) is 0 Å². The number of H-pyrrole nitrogens is 1. The van der Waals surface area contributed by atoms with Crippen LogP contribution in [0.1, 0.15) is 38.1 Å². The summed E-state index contributed by atoms with van der Waals surface area (Å²) < 4.78 is 27.5. The Morgan fingerprint density at radius 2 is 2.06 bits per heavy atom. The molecule has 0 fully saturated rings. The molecule has 0 saturated carbocycles. The second-order valence-electron chi connectivity index (χ2n) is 4.72. The maximum absolute atomic E-state index is 12.4. The highest BCUT2D eigenvalue weighted by Crippen LogP contribution is 2.22. The Hall–Kier alpha value is -0.590. The fraction of sp³-hybridized carbons (Fsp3) is 0.727. The summed E-state index contributed by atoms with van der Waals surface area (Å²) in [6, 6.07) is 0. The van der Waals surface area contributed by atoms with Gasteiger partial charge in [-0.3, -0.25) is 5.10 Å². The predicted octanol–water partition coefficient (Wildman–Crippen LogP) is 2.10. The maximum Gasteiger partial charge on any atom is 0.244 e. The average Bonchev–Trinajstić information content (AvgIpc) is 2.58. The van der Waals surface area contributed by atoms with Gasteiger partial charge in [0.05, 0.1) is 11.4 Å². The van der Waals surface area contributed by atoms with Crippen molar-refractivity contribution in [2.75, 3.05) is 5.88 Å². The molecule has 0 aliphatic carbocycles. The van der Waals surface area contributed by atoms with E-state index in [4.69, 9.17) is 11.6 Å². The molecule has 0 amide bonds. The van der Waals surface area contributed by atoms with Crippen molar-refractivity contribution in [3.8, 4) is 0 Å². The van der Waals surface area contributed by atoms with E-state index in [9.17, 15) is 8.42 Å². The number of nitrogens with zero attached hydrogens (tertiary/aromatic N) is 1. The average molecular weight is 294 g/mol. The lowest BCUT2D eigenvalue weighted by molar-refractivity contribution is 0.390. The lowest BCUT2D eigenvalue weighted by Crippen LogP contribution is -2.45. The number of aromatic amines is 1. The summed E-state index contributed by atoms with van der Waals surface area (Å²) >= 11 is 5.73. The van der Waals surface area contributed by atoms with Crippen molar-refractivity contribution in [2.45, 2.75) is 51.0 Å². The SMILES string of the molecule is CCC(C)(CCCl)NS(=O)(=O)c1c(C)n[nH]c1C. The molecule has 0 aromatic carbocycles. The molecule has 5 nitrogen and oxygen atoms in total. The number of alkyl halides is 1. The van der Waals surface area contributed by atoms with Crippen molar-refractivity contribution >= 4 is 21.6 Å². The molecule has 0 saturated heterocycles.